The number of aliphatic carboxylic acids is 2. The number of carbonyl (C=O) groups is 4. The van der Waals surface area contributed by atoms with E-state index < -0.39 is 23.8 Å². The summed E-state index contributed by atoms with van der Waals surface area (Å²) in [7, 11) is 0. The molecule has 0 aliphatic heterocycles. The molecule has 0 heterocycles. The third kappa shape index (κ3) is 7.66. The van der Waals surface area contributed by atoms with Crippen molar-refractivity contribution in [3.8, 4) is 0 Å². The van der Waals surface area contributed by atoms with Crippen molar-refractivity contribution in [2.24, 2.45) is 11.8 Å². The van der Waals surface area contributed by atoms with Crippen molar-refractivity contribution in [2.45, 2.75) is 27.7 Å². The summed E-state index contributed by atoms with van der Waals surface area (Å²) in [5.41, 5.74) is 0. The molecule has 0 saturated carbocycles. The molecule has 0 spiro atoms. The fourth-order valence-electron chi connectivity index (χ4n) is 0.348. The van der Waals surface area contributed by atoms with E-state index in [1.165, 1.54) is 27.7 Å². The van der Waals surface area contributed by atoms with E-state index in [-0.39, 0.29) is 11.6 Å². The number of hydrogen-bond donors (Lipinski definition) is 2. The molecule has 0 aromatic heterocycles. The second-order valence-electron chi connectivity index (χ2n) is 3.34. The third-order valence-corrected chi connectivity index (χ3v) is 1.96. The molecule has 6 nitrogen and oxygen atoms in total. The minimum Gasteiger partial charge on any atom is -0.481 e. The largest absolute Gasteiger partial charge is 0.481 e. The van der Waals surface area contributed by atoms with Crippen LogP contribution in [0.25, 0.3) is 0 Å². The van der Waals surface area contributed by atoms with Crippen LogP contribution in [-0.4, -0.2) is 33.7 Å². The molecule has 6 heteroatoms. The molecule has 2 atom stereocenters. The molecule has 0 aromatic rings. The van der Waals surface area contributed by atoms with Gasteiger partial charge in [-0.05, 0) is 27.7 Å². The van der Waals surface area contributed by atoms with E-state index in [0.717, 1.165) is 0 Å². The molecule has 2 unspecified atom stereocenters. The van der Waals surface area contributed by atoms with Crippen molar-refractivity contribution < 1.29 is 29.4 Å². The molecule has 0 amide bonds. The van der Waals surface area contributed by atoms with Gasteiger partial charge in [-0.1, -0.05) is 0 Å². The Hall–Kier alpha value is -1.72. The molecule has 92 valence electrons. The smallest absolute Gasteiger partial charge is 0.313 e. The van der Waals surface area contributed by atoms with Crippen molar-refractivity contribution in [3.63, 3.8) is 0 Å². The van der Waals surface area contributed by atoms with Gasteiger partial charge in [-0.2, -0.15) is 0 Å². The van der Waals surface area contributed by atoms with Gasteiger partial charge in [0, 0.05) is 0 Å². The first kappa shape index (κ1) is 16.7. The van der Waals surface area contributed by atoms with E-state index in [0.29, 0.717) is 0 Å². The molecular weight excluding hydrogens is 216 g/mol. The standard InChI is InChI=1S/2C5H8O3/c2*1-3(4(2)6)5(7)8/h2*3H,1-2H3,(H,7,8). The van der Waals surface area contributed by atoms with E-state index in [2.05, 4.69) is 0 Å². The van der Waals surface area contributed by atoms with Crippen LogP contribution in [-0.2, 0) is 19.2 Å². The first-order chi connectivity index (χ1) is 7.11. The minimum atomic E-state index is -1.06. The molecule has 2 N–H and O–H groups in total. The number of carbonyl (C=O) groups excluding carboxylic acids is 2. The highest BCUT2D eigenvalue weighted by Gasteiger charge is 2.15. The number of carboxylic acid groups (broad SMARTS) is 2. The third-order valence-electron chi connectivity index (χ3n) is 1.96. The Kier molecular flexibility index (Phi) is 7.89. The molecule has 0 radical (unpaired) electrons. The molecule has 0 bridgehead atoms. The van der Waals surface area contributed by atoms with Crippen molar-refractivity contribution in [2.75, 3.05) is 0 Å². The zero-order valence-electron chi connectivity index (χ0n) is 9.68. The summed E-state index contributed by atoms with van der Waals surface area (Å²) in [5, 5.41) is 16.3. The Bertz CT molecular complexity index is 236. The van der Waals surface area contributed by atoms with Crippen LogP contribution >= 0.6 is 0 Å². The minimum absolute atomic E-state index is 0.308. The van der Waals surface area contributed by atoms with Gasteiger partial charge in [0.2, 0.25) is 0 Å². The zero-order valence-corrected chi connectivity index (χ0v) is 9.68. The summed E-state index contributed by atoms with van der Waals surface area (Å²) in [6.45, 7) is 5.26. The summed E-state index contributed by atoms with van der Waals surface area (Å²) < 4.78 is 0. The molecule has 0 aliphatic rings. The lowest BCUT2D eigenvalue weighted by atomic mass is 10.1. The van der Waals surface area contributed by atoms with E-state index in [9.17, 15) is 19.2 Å². The first-order valence-electron chi connectivity index (χ1n) is 4.57. The number of carboxylic acids is 2. The zero-order chi connectivity index (χ0) is 13.5. The van der Waals surface area contributed by atoms with Gasteiger partial charge >= 0.3 is 11.9 Å². The Morgan fingerprint density at radius 3 is 0.938 bits per heavy atom. The Labute approximate surface area is 93.3 Å². The van der Waals surface area contributed by atoms with Crippen LogP contribution in [0.5, 0.6) is 0 Å². The maximum atomic E-state index is 10.2. The summed E-state index contributed by atoms with van der Waals surface area (Å²) in [6, 6.07) is 0. The van der Waals surface area contributed by atoms with Crippen LogP contribution in [0.1, 0.15) is 27.7 Å². The summed E-state index contributed by atoms with van der Waals surface area (Å²) in [4.78, 5) is 40.2. The van der Waals surface area contributed by atoms with Crippen LogP contribution < -0.4 is 0 Å². The second-order valence-corrected chi connectivity index (χ2v) is 3.34. The predicted molar refractivity (Wildman–Crippen MR) is 55.0 cm³/mol. The van der Waals surface area contributed by atoms with Crippen molar-refractivity contribution in [3.05, 3.63) is 0 Å². The summed E-state index contributed by atoms with van der Waals surface area (Å²) in [6.07, 6.45) is 0. The predicted octanol–water partition coefficient (Wildman–Crippen LogP) is 0.592. The SMILES string of the molecule is CC(=O)C(C)C(=O)O.CC(=O)C(C)C(=O)O. The normalized spacial score (nSPS) is 12.8. The van der Waals surface area contributed by atoms with Crippen molar-refractivity contribution in [1.29, 1.82) is 0 Å². The average molecular weight is 232 g/mol. The number of hydrogen-bond acceptors (Lipinski definition) is 4. The van der Waals surface area contributed by atoms with E-state index in [1.54, 1.807) is 0 Å². The van der Waals surface area contributed by atoms with Gasteiger partial charge in [-0.15, -0.1) is 0 Å². The quantitative estimate of drug-likeness (QED) is 0.686. The first-order valence-corrected chi connectivity index (χ1v) is 4.57. The van der Waals surface area contributed by atoms with Crippen LogP contribution in [0.4, 0.5) is 0 Å². The molecule has 0 fully saturated rings. The van der Waals surface area contributed by atoms with Gasteiger partial charge in [-0.25, -0.2) is 0 Å². The molecular formula is C10H16O6. The lowest BCUT2D eigenvalue weighted by Gasteiger charge is -1.96. The topological polar surface area (TPSA) is 109 Å². The highest BCUT2D eigenvalue weighted by molar-refractivity contribution is 5.96. The van der Waals surface area contributed by atoms with Gasteiger partial charge in [0.15, 0.2) is 0 Å². The summed E-state index contributed by atoms with van der Waals surface area (Å²) >= 11 is 0. The highest BCUT2D eigenvalue weighted by atomic mass is 16.4. The van der Waals surface area contributed by atoms with E-state index in [4.69, 9.17) is 10.2 Å². The number of ketones is 2. The average Bonchev–Trinajstić information content (AvgIpc) is 2.15. The molecule has 16 heavy (non-hydrogen) atoms. The van der Waals surface area contributed by atoms with E-state index in [1.807, 2.05) is 0 Å². The van der Waals surface area contributed by atoms with Gasteiger partial charge in [-0.3, -0.25) is 19.2 Å². The Balaban J connectivity index is 0. The van der Waals surface area contributed by atoms with Crippen LogP contribution in [0.3, 0.4) is 0 Å². The molecule has 0 saturated heterocycles. The van der Waals surface area contributed by atoms with E-state index >= 15 is 0 Å². The molecule has 0 aromatic carbocycles. The van der Waals surface area contributed by atoms with Crippen molar-refractivity contribution >= 4 is 23.5 Å². The molecule has 0 aliphatic carbocycles. The van der Waals surface area contributed by atoms with Gasteiger partial charge in [0.05, 0.1) is 0 Å². The van der Waals surface area contributed by atoms with Gasteiger partial charge in [0.25, 0.3) is 0 Å². The molecule has 0 rings (SSSR count). The lowest BCUT2D eigenvalue weighted by Crippen LogP contribution is -2.16. The fourth-order valence-corrected chi connectivity index (χ4v) is 0.348. The Morgan fingerprint density at radius 1 is 0.750 bits per heavy atom. The second kappa shape index (κ2) is 7.56. The van der Waals surface area contributed by atoms with Crippen molar-refractivity contribution in [1.82, 2.24) is 0 Å². The van der Waals surface area contributed by atoms with Crippen LogP contribution in [0.15, 0.2) is 0 Å². The van der Waals surface area contributed by atoms with Gasteiger partial charge < -0.3 is 10.2 Å². The van der Waals surface area contributed by atoms with Crippen LogP contribution in [0, 0.1) is 11.8 Å². The summed E-state index contributed by atoms with van der Waals surface area (Å²) in [5.74, 6) is -4.44. The monoisotopic (exact) mass is 232 g/mol. The van der Waals surface area contributed by atoms with Gasteiger partial charge in [0.1, 0.15) is 23.4 Å². The highest BCUT2D eigenvalue weighted by Crippen LogP contribution is 1.94. The number of Topliss-reactive ketones (excluding diaryl/α,β-unsaturated/α-hetero) is 2. The fraction of sp³-hybridized carbons (Fsp3) is 0.600. The lowest BCUT2D eigenvalue weighted by molar-refractivity contribution is -0.146. The Morgan fingerprint density at radius 2 is 0.938 bits per heavy atom. The number of rotatable bonds is 4. The maximum absolute atomic E-state index is 10.2. The van der Waals surface area contributed by atoms with Crippen LogP contribution in [0.2, 0.25) is 0 Å². The maximum Gasteiger partial charge on any atom is 0.313 e.